The number of carbonyl (C=O) groups is 2. The van der Waals surface area contributed by atoms with Crippen LogP contribution in [0.15, 0.2) is 53.1 Å². The van der Waals surface area contributed by atoms with Gasteiger partial charge in [0.05, 0.1) is 18.2 Å². The molecule has 2 aromatic carbocycles. The summed E-state index contributed by atoms with van der Waals surface area (Å²) in [6.07, 6.45) is -0.208. The highest BCUT2D eigenvalue weighted by Crippen LogP contribution is 2.31. The SMILES string of the molecule is Cc1noc(C)c1NC(=O)Nc1ccc2c(c1)C(=O)N([C@@H](C)CO)C[C@@H](C)[C@H](CN(C)Cc1ccccc1)O2. The third-order valence-corrected chi connectivity index (χ3v) is 6.98. The van der Waals surface area contributed by atoms with Crippen LogP contribution in [0.25, 0.3) is 0 Å². The molecule has 0 saturated carbocycles. The van der Waals surface area contributed by atoms with E-state index in [1.165, 1.54) is 5.56 Å². The first kappa shape index (κ1) is 28.1. The second kappa shape index (κ2) is 12.3. The Morgan fingerprint density at radius 1 is 1.21 bits per heavy atom. The number of ether oxygens (including phenoxy) is 1. The molecule has 3 aromatic rings. The number of benzene rings is 2. The van der Waals surface area contributed by atoms with Gasteiger partial charge in [-0.25, -0.2) is 4.79 Å². The van der Waals surface area contributed by atoms with Crippen LogP contribution >= 0.6 is 0 Å². The third-order valence-electron chi connectivity index (χ3n) is 6.98. The van der Waals surface area contributed by atoms with Crippen LogP contribution in [-0.4, -0.2) is 70.9 Å². The molecule has 0 spiro atoms. The van der Waals surface area contributed by atoms with E-state index in [0.717, 1.165) is 6.54 Å². The first-order chi connectivity index (χ1) is 18.7. The number of carbonyl (C=O) groups excluding carboxylic acids is 2. The number of aryl methyl sites for hydroxylation is 2. The Kier molecular flexibility index (Phi) is 8.88. The minimum absolute atomic E-state index is 0.00736. The van der Waals surface area contributed by atoms with Crippen molar-refractivity contribution in [3.8, 4) is 5.75 Å². The van der Waals surface area contributed by atoms with Crippen LogP contribution in [0, 0.1) is 19.8 Å². The maximum atomic E-state index is 13.7. The average molecular weight is 536 g/mol. The molecule has 0 aliphatic carbocycles. The lowest BCUT2D eigenvalue weighted by Crippen LogP contribution is -2.49. The van der Waals surface area contributed by atoms with E-state index in [1.54, 1.807) is 36.9 Å². The van der Waals surface area contributed by atoms with E-state index in [2.05, 4.69) is 39.7 Å². The Balaban J connectivity index is 1.57. The van der Waals surface area contributed by atoms with Crippen molar-refractivity contribution in [1.29, 1.82) is 0 Å². The Labute approximate surface area is 228 Å². The third kappa shape index (κ3) is 6.76. The Morgan fingerprint density at radius 3 is 2.62 bits per heavy atom. The standard InChI is InChI=1S/C29H37N5O5/c1-18-14-34(19(2)17-35)28(36)24-13-23(30-29(37)31-27-20(3)32-39-21(27)4)11-12-25(24)38-26(18)16-33(5)15-22-9-7-6-8-10-22/h6-13,18-19,26,35H,14-17H2,1-5H3,(H2,30,31,37)/t18-,19+,26+/m1/s1. The molecular weight excluding hydrogens is 498 g/mol. The lowest BCUT2D eigenvalue weighted by Gasteiger charge is -2.38. The highest BCUT2D eigenvalue weighted by molar-refractivity contribution is 6.03. The first-order valence-electron chi connectivity index (χ1n) is 13.1. The number of hydrogen-bond acceptors (Lipinski definition) is 7. The number of amides is 3. The summed E-state index contributed by atoms with van der Waals surface area (Å²) in [7, 11) is 2.05. The maximum Gasteiger partial charge on any atom is 0.323 e. The number of rotatable bonds is 8. The number of hydrogen-bond donors (Lipinski definition) is 3. The summed E-state index contributed by atoms with van der Waals surface area (Å²) in [6, 6.07) is 14.4. The van der Waals surface area contributed by atoms with Crippen molar-refractivity contribution >= 4 is 23.3 Å². The molecule has 3 atom stereocenters. The molecule has 0 unspecified atom stereocenters. The van der Waals surface area contributed by atoms with Crippen LogP contribution in [0.2, 0.25) is 0 Å². The molecule has 0 saturated heterocycles. The van der Waals surface area contributed by atoms with Gasteiger partial charge in [0.2, 0.25) is 0 Å². The zero-order valence-corrected chi connectivity index (χ0v) is 23.1. The van der Waals surface area contributed by atoms with Crippen molar-refractivity contribution in [2.24, 2.45) is 5.92 Å². The van der Waals surface area contributed by atoms with Gasteiger partial charge in [-0.15, -0.1) is 0 Å². The average Bonchev–Trinajstić information content (AvgIpc) is 3.23. The van der Waals surface area contributed by atoms with Gasteiger partial charge in [0.15, 0.2) is 5.76 Å². The monoisotopic (exact) mass is 535 g/mol. The van der Waals surface area contributed by atoms with Crippen molar-refractivity contribution in [3.05, 3.63) is 71.1 Å². The van der Waals surface area contributed by atoms with Crippen molar-refractivity contribution < 1.29 is 24.0 Å². The second-order valence-corrected chi connectivity index (χ2v) is 10.3. The van der Waals surface area contributed by atoms with Crippen LogP contribution in [0.3, 0.4) is 0 Å². The molecule has 10 nitrogen and oxygen atoms in total. The Morgan fingerprint density at radius 2 is 1.95 bits per heavy atom. The van der Waals surface area contributed by atoms with Gasteiger partial charge < -0.3 is 29.9 Å². The minimum Gasteiger partial charge on any atom is -0.488 e. The van der Waals surface area contributed by atoms with Crippen LogP contribution < -0.4 is 15.4 Å². The van der Waals surface area contributed by atoms with Crippen LogP contribution in [0.4, 0.5) is 16.2 Å². The van der Waals surface area contributed by atoms with E-state index in [4.69, 9.17) is 9.26 Å². The number of aliphatic hydroxyl groups excluding tert-OH is 1. The van der Waals surface area contributed by atoms with Crippen LogP contribution in [0.5, 0.6) is 5.75 Å². The van der Waals surface area contributed by atoms with Gasteiger partial charge >= 0.3 is 6.03 Å². The number of likely N-dealkylation sites (N-methyl/N-ethyl adjacent to an activating group) is 1. The predicted molar refractivity (Wildman–Crippen MR) is 149 cm³/mol. The lowest BCUT2D eigenvalue weighted by molar-refractivity contribution is 0.0341. The van der Waals surface area contributed by atoms with E-state index in [9.17, 15) is 14.7 Å². The van der Waals surface area contributed by atoms with Crippen LogP contribution in [-0.2, 0) is 6.54 Å². The molecular formula is C29H37N5O5. The van der Waals surface area contributed by atoms with Gasteiger partial charge in [0, 0.05) is 31.2 Å². The zero-order valence-electron chi connectivity index (χ0n) is 23.1. The van der Waals surface area contributed by atoms with Gasteiger partial charge in [-0.1, -0.05) is 42.4 Å². The highest BCUT2D eigenvalue weighted by Gasteiger charge is 2.33. The molecule has 3 N–H and O–H groups in total. The minimum atomic E-state index is -0.488. The molecule has 0 radical (unpaired) electrons. The fourth-order valence-corrected chi connectivity index (χ4v) is 4.72. The molecule has 1 aliphatic rings. The normalized spacial score (nSPS) is 18.1. The van der Waals surface area contributed by atoms with E-state index in [1.807, 2.05) is 32.2 Å². The number of anilines is 2. The quantitative estimate of drug-likeness (QED) is 0.394. The highest BCUT2D eigenvalue weighted by atomic mass is 16.5. The largest absolute Gasteiger partial charge is 0.488 e. The number of aromatic nitrogens is 1. The first-order valence-corrected chi connectivity index (χ1v) is 13.1. The fourth-order valence-electron chi connectivity index (χ4n) is 4.72. The summed E-state index contributed by atoms with van der Waals surface area (Å²) < 4.78 is 11.6. The zero-order chi connectivity index (χ0) is 28.1. The van der Waals surface area contributed by atoms with Gasteiger partial charge in [0.1, 0.15) is 23.2 Å². The number of nitrogens with zero attached hydrogens (tertiary/aromatic N) is 3. The molecule has 0 fully saturated rings. The number of aliphatic hydroxyl groups is 1. The van der Waals surface area contributed by atoms with E-state index in [0.29, 0.717) is 47.2 Å². The van der Waals surface area contributed by atoms with Crippen molar-refractivity contribution in [2.75, 3.05) is 37.4 Å². The summed E-state index contributed by atoms with van der Waals surface area (Å²) in [5.74, 6) is 0.684. The van der Waals surface area contributed by atoms with Crippen molar-refractivity contribution in [3.63, 3.8) is 0 Å². The number of nitrogens with one attached hydrogen (secondary N) is 2. The maximum absolute atomic E-state index is 13.7. The number of urea groups is 1. The summed E-state index contributed by atoms with van der Waals surface area (Å²) in [5.41, 5.74) is 3.02. The molecule has 4 rings (SSSR count). The molecule has 1 aromatic heterocycles. The molecule has 3 amide bonds. The molecule has 2 heterocycles. The lowest BCUT2D eigenvalue weighted by atomic mass is 9.99. The number of fused-ring (bicyclic) bond motifs is 1. The van der Waals surface area contributed by atoms with Gasteiger partial charge in [0.25, 0.3) is 5.91 Å². The van der Waals surface area contributed by atoms with Crippen molar-refractivity contribution in [2.45, 2.75) is 46.4 Å². The Hall–Kier alpha value is -3.89. The van der Waals surface area contributed by atoms with Crippen molar-refractivity contribution in [1.82, 2.24) is 15.0 Å². The smallest absolute Gasteiger partial charge is 0.323 e. The summed E-state index contributed by atoms with van der Waals surface area (Å²) in [6.45, 7) is 9.00. The van der Waals surface area contributed by atoms with E-state index in [-0.39, 0.29) is 30.6 Å². The molecule has 10 heteroatoms. The molecule has 208 valence electrons. The van der Waals surface area contributed by atoms with Gasteiger partial charge in [-0.05, 0) is 51.6 Å². The van der Waals surface area contributed by atoms with E-state index < -0.39 is 6.03 Å². The summed E-state index contributed by atoms with van der Waals surface area (Å²) in [5, 5.41) is 19.3. The molecule has 39 heavy (non-hydrogen) atoms. The Bertz CT molecular complexity index is 1270. The second-order valence-electron chi connectivity index (χ2n) is 10.3. The molecule has 1 aliphatic heterocycles. The molecule has 0 bridgehead atoms. The van der Waals surface area contributed by atoms with Gasteiger partial charge in [-0.3, -0.25) is 9.69 Å². The summed E-state index contributed by atoms with van der Waals surface area (Å²) in [4.78, 5) is 30.2. The predicted octanol–water partition coefficient (Wildman–Crippen LogP) is 4.29. The fraction of sp³-hybridized carbons (Fsp3) is 0.414. The summed E-state index contributed by atoms with van der Waals surface area (Å²) >= 11 is 0. The van der Waals surface area contributed by atoms with Crippen LogP contribution in [0.1, 0.15) is 41.2 Å². The topological polar surface area (TPSA) is 120 Å². The van der Waals surface area contributed by atoms with Gasteiger partial charge in [-0.2, -0.15) is 0 Å². The van der Waals surface area contributed by atoms with E-state index >= 15 is 0 Å².